The van der Waals surface area contributed by atoms with Gasteiger partial charge in [-0.25, -0.2) is 0 Å². The summed E-state index contributed by atoms with van der Waals surface area (Å²) in [6.07, 6.45) is -4.84. The minimum absolute atomic E-state index is 0.0201. The fourth-order valence-corrected chi connectivity index (χ4v) is 4.69. The van der Waals surface area contributed by atoms with Crippen molar-refractivity contribution in [3.63, 3.8) is 0 Å². The maximum Gasteiger partial charge on any atom is 0.573 e. The van der Waals surface area contributed by atoms with Crippen LogP contribution in [0.1, 0.15) is 53.9 Å². The zero-order chi connectivity index (χ0) is 28.5. The molecule has 0 bridgehead atoms. The van der Waals surface area contributed by atoms with Crippen molar-refractivity contribution in [1.29, 1.82) is 0 Å². The molecule has 1 fully saturated rings. The van der Waals surface area contributed by atoms with E-state index in [1.807, 2.05) is 4.90 Å². The van der Waals surface area contributed by atoms with Crippen LogP contribution in [0.2, 0.25) is 0 Å². The summed E-state index contributed by atoms with van der Waals surface area (Å²) in [5, 5.41) is 3.83. The highest BCUT2D eigenvalue weighted by molar-refractivity contribution is 6.01. The van der Waals surface area contributed by atoms with Gasteiger partial charge in [0.1, 0.15) is 17.1 Å². The van der Waals surface area contributed by atoms with Crippen LogP contribution in [-0.4, -0.2) is 76.2 Å². The van der Waals surface area contributed by atoms with E-state index in [0.717, 1.165) is 0 Å². The van der Waals surface area contributed by atoms with E-state index in [9.17, 15) is 27.6 Å². The van der Waals surface area contributed by atoms with E-state index in [2.05, 4.69) is 9.89 Å². The van der Waals surface area contributed by atoms with E-state index < -0.39 is 18.0 Å². The number of carbonyl (C=O) groups excluding carboxylic acids is 3. The number of rotatable bonds is 8. The lowest BCUT2D eigenvalue weighted by Crippen LogP contribution is -2.50. The number of ketones is 1. The van der Waals surface area contributed by atoms with Crippen molar-refractivity contribution in [1.82, 2.24) is 19.5 Å². The number of carbonyl (C=O) groups is 3. The number of Topliss-reactive ketones (excluding diaryl/α,β-unsaturated/α-hetero) is 1. The Hall–Kier alpha value is -4.13. The Bertz CT molecular complexity index is 1380. The Balaban J connectivity index is 1.48. The van der Waals surface area contributed by atoms with Crippen LogP contribution in [0.15, 0.2) is 34.9 Å². The van der Waals surface area contributed by atoms with Crippen molar-refractivity contribution in [2.45, 2.75) is 33.7 Å². The molecule has 3 aromatic rings. The highest BCUT2D eigenvalue weighted by atomic mass is 19.4. The van der Waals surface area contributed by atoms with Gasteiger partial charge < -0.3 is 24.5 Å². The number of nitrogens with zero attached hydrogens (tertiary/aromatic N) is 4. The molecule has 2 amide bonds. The molecular formula is C26H28F3N5O5. The number of primary amides is 1. The molecule has 0 saturated carbocycles. The van der Waals surface area contributed by atoms with E-state index in [4.69, 9.17) is 10.3 Å². The van der Waals surface area contributed by atoms with E-state index in [-0.39, 0.29) is 36.0 Å². The van der Waals surface area contributed by atoms with Gasteiger partial charge in [-0.3, -0.25) is 19.3 Å². The highest BCUT2D eigenvalue weighted by Gasteiger charge is 2.31. The van der Waals surface area contributed by atoms with Gasteiger partial charge in [0.2, 0.25) is 0 Å². The van der Waals surface area contributed by atoms with Crippen LogP contribution in [0.4, 0.5) is 13.2 Å². The molecule has 4 rings (SSSR count). The molecule has 0 aliphatic carbocycles. The topological polar surface area (TPSA) is 124 Å². The highest BCUT2D eigenvalue weighted by Crippen LogP contribution is 2.25. The number of hydrogen-bond acceptors (Lipinski definition) is 7. The molecule has 208 valence electrons. The van der Waals surface area contributed by atoms with Crippen molar-refractivity contribution in [3.05, 3.63) is 69.9 Å². The molecular weight excluding hydrogens is 519 g/mol. The van der Waals surface area contributed by atoms with Crippen LogP contribution < -0.4 is 10.5 Å². The van der Waals surface area contributed by atoms with Crippen molar-refractivity contribution < 1.29 is 36.8 Å². The third-order valence-corrected chi connectivity index (χ3v) is 6.66. The average molecular weight is 548 g/mol. The van der Waals surface area contributed by atoms with E-state index in [1.165, 1.54) is 24.3 Å². The van der Waals surface area contributed by atoms with Crippen LogP contribution in [0.5, 0.6) is 5.75 Å². The second-order valence-corrected chi connectivity index (χ2v) is 9.36. The van der Waals surface area contributed by atoms with Gasteiger partial charge in [0.15, 0.2) is 5.78 Å². The number of aryl methyl sites for hydroxylation is 2. The van der Waals surface area contributed by atoms with Gasteiger partial charge in [0.25, 0.3) is 11.8 Å². The minimum Gasteiger partial charge on any atom is -0.406 e. The largest absolute Gasteiger partial charge is 0.573 e. The Kier molecular flexibility index (Phi) is 7.82. The third-order valence-electron chi connectivity index (χ3n) is 6.66. The minimum atomic E-state index is -4.84. The number of halogens is 3. The predicted octanol–water partition coefficient (Wildman–Crippen LogP) is 3.09. The average Bonchev–Trinajstić information content (AvgIpc) is 3.36. The number of piperazine rings is 1. The first kappa shape index (κ1) is 27.9. The lowest BCUT2D eigenvalue weighted by Gasteiger charge is -2.34. The second-order valence-electron chi connectivity index (χ2n) is 9.36. The van der Waals surface area contributed by atoms with Crippen molar-refractivity contribution in [2.24, 2.45) is 5.73 Å². The molecule has 0 atom stereocenters. The molecule has 3 heterocycles. The summed E-state index contributed by atoms with van der Waals surface area (Å²) in [7, 11) is 0. The normalized spacial score (nSPS) is 14.5. The number of nitrogens with two attached hydrogens (primary N) is 1. The van der Waals surface area contributed by atoms with E-state index in [0.29, 0.717) is 54.5 Å². The van der Waals surface area contributed by atoms with Crippen LogP contribution in [-0.2, 0) is 6.54 Å². The summed E-state index contributed by atoms with van der Waals surface area (Å²) in [6.45, 7) is 6.73. The van der Waals surface area contributed by atoms with Crippen LogP contribution in [0.25, 0.3) is 0 Å². The van der Waals surface area contributed by atoms with Crippen LogP contribution in [0, 0.1) is 20.8 Å². The quantitative estimate of drug-likeness (QED) is 0.430. The Morgan fingerprint density at radius 2 is 1.77 bits per heavy atom. The van der Waals surface area contributed by atoms with Crippen molar-refractivity contribution in [2.75, 3.05) is 32.7 Å². The maximum atomic E-state index is 13.4. The van der Waals surface area contributed by atoms with Gasteiger partial charge in [-0.1, -0.05) is 17.3 Å². The molecule has 0 spiro atoms. The Morgan fingerprint density at radius 3 is 2.36 bits per heavy atom. The van der Waals surface area contributed by atoms with Crippen molar-refractivity contribution in [3.8, 4) is 5.75 Å². The summed E-state index contributed by atoms with van der Waals surface area (Å²) in [4.78, 5) is 41.8. The van der Waals surface area contributed by atoms with Crippen molar-refractivity contribution >= 4 is 17.6 Å². The first-order valence-electron chi connectivity index (χ1n) is 12.2. The molecule has 0 unspecified atom stereocenters. The van der Waals surface area contributed by atoms with Crippen LogP contribution in [0.3, 0.4) is 0 Å². The third kappa shape index (κ3) is 6.30. The fourth-order valence-electron chi connectivity index (χ4n) is 4.69. The lowest BCUT2D eigenvalue weighted by molar-refractivity contribution is -0.274. The molecule has 1 aromatic carbocycles. The standard InChI is InChI=1S/C26H28F3N5O5/c1-15-23(17(3)39-31-15)25(37)33-9-7-32(8-10-33)14-22(35)21-12-20(24(30)36)16(2)34(21)13-18-5-4-6-19(11-18)38-26(27,28)29/h4-6,11-12H,7-10,13-14H2,1-3H3,(H2,30,36). The first-order chi connectivity index (χ1) is 18.3. The Labute approximate surface area is 222 Å². The maximum absolute atomic E-state index is 13.4. The number of hydrogen-bond donors (Lipinski definition) is 1. The number of amides is 2. The zero-order valence-electron chi connectivity index (χ0n) is 21.7. The van der Waals surface area contributed by atoms with Gasteiger partial charge >= 0.3 is 6.36 Å². The summed E-state index contributed by atoms with van der Waals surface area (Å²) in [5.74, 6) is -1.13. The SMILES string of the molecule is Cc1noc(C)c1C(=O)N1CCN(CC(=O)c2cc(C(N)=O)c(C)n2Cc2cccc(OC(F)(F)F)c2)CC1. The lowest BCUT2D eigenvalue weighted by atomic mass is 10.1. The molecule has 1 aliphatic heterocycles. The molecule has 1 saturated heterocycles. The molecule has 13 heteroatoms. The molecule has 0 radical (unpaired) electrons. The molecule has 1 aliphatic rings. The second kappa shape index (κ2) is 10.9. The summed E-state index contributed by atoms with van der Waals surface area (Å²) in [6, 6.07) is 6.81. The van der Waals surface area contributed by atoms with Gasteiger partial charge in [-0.05, 0) is 44.5 Å². The number of aromatic nitrogens is 2. The smallest absolute Gasteiger partial charge is 0.406 e. The van der Waals surface area contributed by atoms with Gasteiger partial charge in [0.05, 0.1) is 23.5 Å². The number of alkyl halides is 3. The molecule has 2 N–H and O–H groups in total. The number of ether oxygens (including phenoxy) is 1. The molecule has 39 heavy (non-hydrogen) atoms. The summed E-state index contributed by atoms with van der Waals surface area (Å²) < 4.78 is 48.7. The number of benzene rings is 1. The van der Waals surface area contributed by atoms with E-state index >= 15 is 0 Å². The summed E-state index contributed by atoms with van der Waals surface area (Å²) in [5.41, 5.74) is 7.68. The Morgan fingerprint density at radius 1 is 1.08 bits per heavy atom. The zero-order valence-corrected chi connectivity index (χ0v) is 21.7. The van der Waals surface area contributed by atoms with Gasteiger partial charge in [-0.2, -0.15) is 0 Å². The predicted molar refractivity (Wildman–Crippen MR) is 133 cm³/mol. The molecule has 10 nitrogen and oxygen atoms in total. The van der Waals surface area contributed by atoms with Gasteiger partial charge in [-0.15, -0.1) is 13.2 Å². The first-order valence-corrected chi connectivity index (χ1v) is 12.2. The monoisotopic (exact) mass is 547 g/mol. The summed E-state index contributed by atoms with van der Waals surface area (Å²) >= 11 is 0. The molecule has 2 aromatic heterocycles. The van der Waals surface area contributed by atoms with E-state index in [1.54, 1.807) is 36.3 Å². The van der Waals surface area contributed by atoms with Crippen LogP contribution >= 0.6 is 0 Å². The van der Waals surface area contributed by atoms with Gasteiger partial charge in [0, 0.05) is 38.4 Å². The fraction of sp³-hybridized carbons (Fsp3) is 0.385.